The summed E-state index contributed by atoms with van der Waals surface area (Å²) >= 11 is 0. The minimum atomic E-state index is 0.688. The number of rotatable bonds is 0. The lowest BCUT2D eigenvalue weighted by Crippen LogP contribution is -1.80. The van der Waals surface area contributed by atoms with E-state index in [1.165, 1.54) is 0 Å². The highest BCUT2D eigenvalue weighted by Gasteiger charge is 2.01. The molecule has 2 aromatic heterocycles. The van der Waals surface area contributed by atoms with Gasteiger partial charge in [-0.1, -0.05) is 0 Å². The van der Waals surface area contributed by atoms with E-state index in [0.717, 1.165) is 11.2 Å². The van der Waals surface area contributed by atoms with Crippen LogP contribution in [0.25, 0.3) is 11.1 Å². The summed E-state index contributed by atoms with van der Waals surface area (Å²) in [5.74, 6) is 0. The van der Waals surface area contributed by atoms with Gasteiger partial charge in [0.15, 0.2) is 11.1 Å². The third-order valence-electron chi connectivity index (χ3n) is 1.35. The Balaban J connectivity index is 2.95. The Morgan fingerprint density at radius 1 is 1.50 bits per heavy atom. The quantitative estimate of drug-likeness (QED) is 0.539. The molecule has 2 rings (SSSR count). The normalized spacial score (nSPS) is 10.5. The maximum absolute atomic E-state index is 4.80. The van der Waals surface area contributed by atoms with Crippen molar-refractivity contribution in [3.63, 3.8) is 0 Å². The lowest BCUT2D eigenvalue weighted by molar-refractivity contribution is 0.424. The molecule has 0 spiro atoms. The van der Waals surface area contributed by atoms with E-state index in [0.29, 0.717) is 5.58 Å². The van der Waals surface area contributed by atoms with Gasteiger partial charge in [-0.25, -0.2) is 0 Å². The Labute approximate surface area is 56.9 Å². The fourth-order valence-corrected chi connectivity index (χ4v) is 0.836. The molecule has 0 aromatic carbocycles. The lowest BCUT2D eigenvalue weighted by atomic mass is 10.3. The minimum absolute atomic E-state index is 0.688. The fraction of sp³-hybridized carbons (Fsp3) is 0.167. The first-order valence-electron chi connectivity index (χ1n) is 2.91. The van der Waals surface area contributed by atoms with Crippen molar-refractivity contribution >= 4 is 11.1 Å². The van der Waals surface area contributed by atoms with Gasteiger partial charge < -0.3 is 4.52 Å². The van der Waals surface area contributed by atoms with Gasteiger partial charge in [-0.2, -0.15) is 0 Å². The molecule has 0 saturated heterocycles. The van der Waals surface area contributed by atoms with E-state index in [1.807, 2.05) is 6.92 Å². The van der Waals surface area contributed by atoms with Crippen LogP contribution in [0.15, 0.2) is 16.8 Å². The summed E-state index contributed by atoms with van der Waals surface area (Å²) < 4.78 is 4.80. The molecule has 2 heterocycles. The summed E-state index contributed by atoms with van der Waals surface area (Å²) in [4.78, 5) is 4.02. The average Bonchev–Trinajstić information content (AvgIpc) is 2.36. The molecular weight excluding hydrogens is 130 g/mol. The fourth-order valence-electron chi connectivity index (χ4n) is 0.836. The first kappa shape index (κ1) is 5.34. The van der Waals surface area contributed by atoms with Gasteiger partial charge in [0.1, 0.15) is 0 Å². The molecule has 0 atom stereocenters. The van der Waals surface area contributed by atoms with E-state index in [2.05, 4.69) is 15.4 Å². The Morgan fingerprint density at radius 2 is 2.40 bits per heavy atom. The van der Waals surface area contributed by atoms with Gasteiger partial charge in [0.2, 0.25) is 0 Å². The molecule has 0 unspecified atom stereocenters. The van der Waals surface area contributed by atoms with Crippen LogP contribution < -0.4 is 0 Å². The molecule has 0 aliphatic carbocycles. The zero-order chi connectivity index (χ0) is 6.97. The highest BCUT2D eigenvalue weighted by molar-refractivity contribution is 5.72. The van der Waals surface area contributed by atoms with Crippen LogP contribution in [0.5, 0.6) is 0 Å². The first-order chi connectivity index (χ1) is 4.88. The first-order valence-corrected chi connectivity index (χ1v) is 2.91. The van der Waals surface area contributed by atoms with Crippen molar-refractivity contribution < 1.29 is 4.52 Å². The zero-order valence-electron chi connectivity index (χ0n) is 5.40. The number of aromatic nitrogens is 3. The number of hydrogen-bond donors (Lipinski definition) is 0. The number of aryl methyl sites for hydroxylation is 1. The van der Waals surface area contributed by atoms with Crippen molar-refractivity contribution in [1.29, 1.82) is 0 Å². The van der Waals surface area contributed by atoms with E-state index < -0.39 is 0 Å². The second-order valence-electron chi connectivity index (χ2n) is 2.02. The Kier molecular flexibility index (Phi) is 0.943. The van der Waals surface area contributed by atoms with E-state index in [-0.39, 0.29) is 0 Å². The Bertz CT molecular complexity index is 355. The SMILES string of the molecule is Cc1nccc2onnc12. The number of pyridine rings is 1. The van der Waals surface area contributed by atoms with E-state index >= 15 is 0 Å². The van der Waals surface area contributed by atoms with E-state index in [9.17, 15) is 0 Å². The zero-order valence-corrected chi connectivity index (χ0v) is 5.40. The van der Waals surface area contributed by atoms with Crippen molar-refractivity contribution in [3.8, 4) is 0 Å². The molecule has 4 heteroatoms. The molecule has 50 valence electrons. The lowest BCUT2D eigenvalue weighted by Gasteiger charge is -1.86. The number of fused-ring (bicyclic) bond motifs is 1. The van der Waals surface area contributed by atoms with Gasteiger partial charge in [-0.15, -0.1) is 5.10 Å². The summed E-state index contributed by atoms with van der Waals surface area (Å²) in [5, 5.41) is 7.14. The van der Waals surface area contributed by atoms with Crippen LogP contribution in [0.2, 0.25) is 0 Å². The Hall–Kier alpha value is -1.45. The molecule has 0 aliphatic rings. The van der Waals surface area contributed by atoms with Crippen molar-refractivity contribution in [2.24, 2.45) is 0 Å². The molecule has 10 heavy (non-hydrogen) atoms. The largest absolute Gasteiger partial charge is 0.337 e. The van der Waals surface area contributed by atoms with Gasteiger partial charge in [0.25, 0.3) is 0 Å². The van der Waals surface area contributed by atoms with E-state index in [1.54, 1.807) is 12.3 Å². The van der Waals surface area contributed by atoms with Gasteiger partial charge >= 0.3 is 0 Å². The summed E-state index contributed by atoms with van der Waals surface area (Å²) in [6.07, 6.45) is 1.67. The van der Waals surface area contributed by atoms with Crippen LogP contribution in [0.1, 0.15) is 5.69 Å². The second-order valence-corrected chi connectivity index (χ2v) is 2.02. The molecule has 0 saturated carbocycles. The highest BCUT2D eigenvalue weighted by atomic mass is 16.5. The molecule has 0 bridgehead atoms. The smallest absolute Gasteiger partial charge is 0.190 e. The van der Waals surface area contributed by atoms with Gasteiger partial charge in [-0.3, -0.25) is 4.98 Å². The van der Waals surface area contributed by atoms with E-state index in [4.69, 9.17) is 4.52 Å². The predicted molar refractivity (Wildman–Crippen MR) is 34.3 cm³/mol. The summed E-state index contributed by atoms with van der Waals surface area (Å²) in [6.45, 7) is 1.87. The molecule has 2 aromatic rings. The van der Waals surface area contributed by atoms with Gasteiger partial charge in [0, 0.05) is 17.5 Å². The van der Waals surface area contributed by atoms with Crippen LogP contribution in [0, 0.1) is 6.92 Å². The summed E-state index contributed by atoms with van der Waals surface area (Å²) in [6, 6.07) is 1.74. The molecular formula is C6H5N3O. The van der Waals surface area contributed by atoms with Crippen molar-refractivity contribution in [3.05, 3.63) is 18.0 Å². The summed E-state index contributed by atoms with van der Waals surface area (Å²) in [7, 11) is 0. The van der Waals surface area contributed by atoms with Crippen LogP contribution >= 0.6 is 0 Å². The standard InChI is InChI=1S/C6H5N3O/c1-4-6-5(2-3-7-4)10-9-8-6/h2-3H,1H3. The second kappa shape index (κ2) is 1.76. The Morgan fingerprint density at radius 3 is 3.20 bits per heavy atom. The highest BCUT2D eigenvalue weighted by Crippen LogP contribution is 2.10. The van der Waals surface area contributed by atoms with Gasteiger partial charge in [0.05, 0.1) is 5.69 Å². The molecule has 4 nitrogen and oxygen atoms in total. The topological polar surface area (TPSA) is 51.8 Å². The molecule has 0 aliphatic heterocycles. The van der Waals surface area contributed by atoms with Crippen LogP contribution in [0.3, 0.4) is 0 Å². The number of hydrogen-bond acceptors (Lipinski definition) is 4. The van der Waals surface area contributed by atoms with Crippen LogP contribution in [0.4, 0.5) is 0 Å². The minimum Gasteiger partial charge on any atom is -0.337 e. The van der Waals surface area contributed by atoms with Crippen molar-refractivity contribution in [2.45, 2.75) is 6.92 Å². The van der Waals surface area contributed by atoms with Crippen molar-refractivity contribution in [1.82, 2.24) is 15.4 Å². The van der Waals surface area contributed by atoms with Gasteiger partial charge in [-0.05, 0) is 6.92 Å². The molecule has 0 radical (unpaired) electrons. The monoisotopic (exact) mass is 135 g/mol. The third-order valence-corrected chi connectivity index (χ3v) is 1.35. The maximum Gasteiger partial charge on any atom is 0.190 e. The van der Waals surface area contributed by atoms with Crippen LogP contribution in [-0.4, -0.2) is 15.4 Å². The molecule has 0 N–H and O–H groups in total. The van der Waals surface area contributed by atoms with Crippen molar-refractivity contribution in [2.75, 3.05) is 0 Å². The predicted octanol–water partition coefficient (Wildman–Crippen LogP) is 0.926. The molecule has 0 amide bonds. The molecule has 0 fully saturated rings. The van der Waals surface area contributed by atoms with Crippen LogP contribution in [-0.2, 0) is 0 Å². The average molecular weight is 135 g/mol. The maximum atomic E-state index is 4.80. The third kappa shape index (κ3) is 0.586. The number of nitrogens with zero attached hydrogens (tertiary/aromatic N) is 3. The summed E-state index contributed by atoms with van der Waals surface area (Å²) in [5.41, 5.74) is 2.27.